The van der Waals surface area contributed by atoms with Gasteiger partial charge in [0, 0.05) is 24.5 Å². The topological polar surface area (TPSA) is 3.24 Å². The van der Waals surface area contributed by atoms with Crippen molar-refractivity contribution in [2.45, 2.75) is 45.8 Å². The molecule has 1 aliphatic rings. The predicted molar refractivity (Wildman–Crippen MR) is 77.4 cm³/mol. The fourth-order valence-electron chi connectivity index (χ4n) is 2.71. The van der Waals surface area contributed by atoms with Crippen LogP contribution in [0, 0.1) is 5.92 Å². The average molecular weight is 247 g/mol. The van der Waals surface area contributed by atoms with Crippen LogP contribution in [0.2, 0.25) is 0 Å². The molecule has 1 aromatic rings. The van der Waals surface area contributed by atoms with Gasteiger partial charge in [-0.05, 0) is 36.8 Å². The fourth-order valence-corrected chi connectivity index (χ4v) is 2.89. The second-order valence-electron chi connectivity index (χ2n) is 5.30. The summed E-state index contributed by atoms with van der Waals surface area (Å²) in [5, 5.41) is 1.92. The standard InChI is InChI=1S/C15H21NS/c1-11(2)16-9-14-7-5-4-6-13(14)8-15(16)12(3)10-17/h4-7,10-12,15H,8-9H2,1-3H3. The molecule has 2 unspecified atom stereocenters. The Morgan fingerprint density at radius 3 is 2.47 bits per heavy atom. The van der Waals surface area contributed by atoms with Gasteiger partial charge in [-0.1, -0.05) is 43.4 Å². The van der Waals surface area contributed by atoms with Crippen molar-refractivity contribution < 1.29 is 0 Å². The zero-order valence-electron chi connectivity index (χ0n) is 10.9. The highest BCUT2D eigenvalue weighted by molar-refractivity contribution is 7.79. The van der Waals surface area contributed by atoms with Crippen molar-refractivity contribution in [3.63, 3.8) is 0 Å². The monoisotopic (exact) mass is 247 g/mol. The smallest absolute Gasteiger partial charge is 0.0242 e. The van der Waals surface area contributed by atoms with E-state index in [0.717, 1.165) is 13.0 Å². The summed E-state index contributed by atoms with van der Waals surface area (Å²) in [5.74, 6) is 0.473. The Morgan fingerprint density at radius 2 is 1.88 bits per heavy atom. The lowest BCUT2D eigenvalue weighted by atomic mass is 9.87. The number of hydrogen-bond acceptors (Lipinski definition) is 2. The van der Waals surface area contributed by atoms with E-state index in [1.165, 1.54) is 11.1 Å². The van der Waals surface area contributed by atoms with Crippen LogP contribution in [-0.2, 0) is 13.0 Å². The number of benzene rings is 1. The van der Waals surface area contributed by atoms with Crippen LogP contribution in [0.15, 0.2) is 24.3 Å². The van der Waals surface area contributed by atoms with Crippen molar-refractivity contribution in [1.29, 1.82) is 0 Å². The van der Waals surface area contributed by atoms with E-state index in [9.17, 15) is 0 Å². The number of fused-ring (bicyclic) bond motifs is 1. The third kappa shape index (κ3) is 2.58. The van der Waals surface area contributed by atoms with E-state index in [1.54, 1.807) is 0 Å². The number of rotatable bonds is 3. The van der Waals surface area contributed by atoms with Crippen LogP contribution in [0.1, 0.15) is 31.9 Å². The van der Waals surface area contributed by atoms with Crippen molar-refractivity contribution in [2.24, 2.45) is 5.92 Å². The molecule has 0 radical (unpaired) electrons. The molecule has 0 bridgehead atoms. The lowest BCUT2D eigenvalue weighted by molar-refractivity contribution is 0.112. The third-order valence-electron chi connectivity index (χ3n) is 3.81. The van der Waals surface area contributed by atoms with E-state index < -0.39 is 0 Å². The molecule has 1 nitrogen and oxygen atoms in total. The van der Waals surface area contributed by atoms with Gasteiger partial charge in [0.05, 0.1) is 0 Å². The molecule has 1 aromatic carbocycles. The predicted octanol–water partition coefficient (Wildman–Crippen LogP) is 3.46. The van der Waals surface area contributed by atoms with E-state index >= 15 is 0 Å². The molecule has 0 amide bonds. The molecule has 0 fully saturated rings. The van der Waals surface area contributed by atoms with E-state index in [0.29, 0.717) is 18.0 Å². The summed E-state index contributed by atoms with van der Waals surface area (Å²) < 4.78 is 0. The Labute approximate surface area is 110 Å². The molecule has 2 heteroatoms. The SMILES string of the molecule is CC(C=S)C1Cc2ccccc2CN1C(C)C. The number of nitrogens with zero attached hydrogens (tertiary/aromatic N) is 1. The molecule has 0 saturated carbocycles. The lowest BCUT2D eigenvalue weighted by Gasteiger charge is -2.41. The fraction of sp³-hybridized carbons (Fsp3) is 0.533. The van der Waals surface area contributed by atoms with Gasteiger partial charge < -0.3 is 0 Å². The quantitative estimate of drug-likeness (QED) is 0.753. The van der Waals surface area contributed by atoms with Gasteiger partial charge in [-0.3, -0.25) is 4.90 Å². The van der Waals surface area contributed by atoms with Crippen LogP contribution in [0.5, 0.6) is 0 Å². The highest BCUT2D eigenvalue weighted by Crippen LogP contribution is 2.28. The highest BCUT2D eigenvalue weighted by Gasteiger charge is 2.30. The maximum Gasteiger partial charge on any atom is 0.0242 e. The summed E-state index contributed by atoms with van der Waals surface area (Å²) in [5.41, 5.74) is 2.98. The molecule has 92 valence electrons. The van der Waals surface area contributed by atoms with Gasteiger partial charge in [0.2, 0.25) is 0 Å². The molecule has 2 atom stereocenters. The Hall–Kier alpha value is -0.730. The van der Waals surface area contributed by atoms with Gasteiger partial charge in [-0.15, -0.1) is 0 Å². The summed E-state index contributed by atoms with van der Waals surface area (Å²) in [7, 11) is 0. The van der Waals surface area contributed by atoms with Crippen molar-refractivity contribution in [2.75, 3.05) is 0 Å². The maximum atomic E-state index is 5.14. The molecule has 0 saturated heterocycles. The molecule has 0 aromatic heterocycles. The molecule has 1 aliphatic heterocycles. The van der Waals surface area contributed by atoms with Crippen LogP contribution >= 0.6 is 12.2 Å². The van der Waals surface area contributed by atoms with Crippen LogP contribution in [0.25, 0.3) is 0 Å². The first-order valence-corrected chi connectivity index (χ1v) is 6.88. The third-order valence-corrected chi connectivity index (χ3v) is 4.24. The minimum absolute atomic E-state index is 0.473. The maximum absolute atomic E-state index is 5.14. The zero-order valence-corrected chi connectivity index (χ0v) is 11.7. The summed E-state index contributed by atoms with van der Waals surface area (Å²) in [6.45, 7) is 7.85. The molecule has 0 N–H and O–H groups in total. The summed E-state index contributed by atoms with van der Waals surface area (Å²) in [6.07, 6.45) is 1.13. The second kappa shape index (κ2) is 5.28. The Bertz CT molecular complexity index is 400. The second-order valence-corrected chi connectivity index (χ2v) is 5.57. The molecular weight excluding hydrogens is 226 g/mol. The van der Waals surface area contributed by atoms with Crippen molar-refractivity contribution in [1.82, 2.24) is 4.90 Å². The largest absolute Gasteiger partial charge is 0.293 e. The van der Waals surface area contributed by atoms with Crippen molar-refractivity contribution in [3.05, 3.63) is 35.4 Å². The normalized spacial score (nSPS) is 22.2. The highest BCUT2D eigenvalue weighted by atomic mass is 32.1. The van der Waals surface area contributed by atoms with Gasteiger partial charge >= 0.3 is 0 Å². The Kier molecular flexibility index (Phi) is 3.95. The van der Waals surface area contributed by atoms with E-state index in [1.807, 2.05) is 5.37 Å². The van der Waals surface area contributed by atoms with Crippen LogP contribution in [0.3, 0.4) is 0 Å². The molecule has 0 aliphatic carbocycles. The average Bonchev–Trinajstić information content (AvgIpc) is 2.36. The summed E-state index contributed by atoms with van der Waals surface area (Å²) in [6, 6.07) is 9.93. The van der Waals surface area contributed by atoms with Gasteiger partial charge in [-0.25, -0.2) is 0 Å². The van der Waals surface area contributed by atoms with E-state index in [4.69, 9.17) is 12.2 Å². The van der Waals surface area contributed by atoms with Gasteiger partial charge in [0.15, 0.2) is 0 Å². The van der Waals surface area contributed by atoms with Gasteiger partial charge in [-0.2, -0.15) is 0 Å². The van der Waals surface area contributed by atoms with Crippen LogP contribution < -0.4 is 0 Å². The first-order chi connectivity index (χ1) is 8.13. The molecular formula is C15H21NS. The van der Waals surface area contributed by atoms with Gasteiger partial charge in [0.25, 0.3) is 0 Å². The van der Waals surface area contributed by atoms with Crippen molar-refractivity contribution in [3.8, 4) is 0 Å². The number of thiocarbonyl (C=S) groups is 1. The first-order valence-electron chi connectivity index (χ1n) is 6.41. The summed E-state index contributed by atoms with van der Waals surface area (Å²) >= 11 is 5.14. The minimum atomic E-state index is 0.473. The molecule has 17 heavy (non-hydrogen) atoms. The van der Waals surface area contributed by atoms with Crippen LogP contribution in [0.4, 0.5) is 0 Å². The molecule has 1 heterocycles. The van der Waals surface area contributed by atoms with Crippen molar-refractivity contribution >= 4 is 17.6 Å². The van der Waals surface area contributed by atoms with E-state index in [-0.39, 0.29) is 0 Å². The molecule has 0 spiro atoms. The first kappa shape index (κ1) is 12.7. The summed E-state index contributed by atoms with van der Waals surface area (Å²) in [4.78, 5) is 2.58. The van der Waals surface area contributed by atoms with E-state index in [2.05, 4.69) is 49.9 Å². The minimum Gasteiger partial charge on any atom is -0.293 e. The molecule has 2 rings (SSSR count). The lowest BCUT2D eigenvalue weighted by Crippen LogP contribution is -2.48. The van der Waals surface area contributed by atoms with Gasteiger partial charge in [0.1, 0.15) is 0 Å². The zero-order chi connectivity index (χ0) is 12.4. The number of hydrogen-bond donors (Lipinski definition) is 0. The Morgan fingerprint density at radius 1 is 1.24 bits per heavy atom. The van der Waals surface area contributed by atoms with Crippen LogP contribution in [-0.4, -0.2) is 22.4 Å². The Balaban J connectivity index is 2.30.